The molecule has 2 unspecified atom stereocenters. The molecule has 0 aromatic heterocycles. The highest BCUT2D eigenvalue weighted by Gasteiger charge is 2.17. The van der Waals surface area contributed by atoms with Gasteiger partial charge >= 0.3 is 0 Å². The van der Waals surface area contributed by atoms with E-state index in [2.05, 4.69) is 45.5 Å². The third kappa shape index (κ3) is 9.21. The number of aliphatic hydroxyl groups is 3. The van der Waals surface area contributed by atoms with Crippen molar-refractivity contribution in [3.05, 3.63) is 0 Å². The van der Waals surface area contributed by atoms with Crippen molar-refractivity contribution in [3.8, 4) is 0 Å². The summed E-state index contributed by atoms with van der Waals surface area (Å²) in [7, 11) is 0. The third-order valence-corrected chi connectivity index (χ3v) is 1.93. The largest absolute Gasteiger partial charge is 0.394 e. The van der Waals surface area contributed by atoms with Gasteiger partial charge in [0.05, 0.1) is 24.6 Å². The van der Waals surface area contributed by atoms with Crippen LogP contribution in [0.1, 0.15) is 6.42 Å². The molecule has 0 spiro atoms. The Balaban J connectivity index is 4.67. The van der Waals surface area contributed by atoms with Crippen LogP contribution < -0.4 is 22.3 Å². The third-order valence-electron chi connectivity index (χ3n) is 1.75. The molecule has 0 heterocycles. The Morgan fingerprint density at radius 1 is 1.16 bits per heavy atom. The van der Waals surface area contributed by atoms with Crippen LogP contribution in [0, 0.1) is 0 Å². The van der Waals surface area contributed by atoms with E-state index in [9.17, 15) is 10.2 Å². The van der Waals surface area contributed by atoms with E-state index < -0.39 is 18.8 Å². The van der Waals surface area contributed by atoms with Gasteiger partial charge in [0.15, 0.2) is 10.2 Å². The number of thiocarbonyl (C=S) groups is 2. The normalized spacial score (nSPS) is 15.0. The summed E-state index contributed by atoms with van der Waals surface area (Å²) in [5.41, 5.74) is 15.2. The van der Waals surface area contributed by atoms with Gasteiger partial charge in [0.25, 0.3) is 0 Å². The van der Waals surface area contributed by atoms with Crippen LogP contribution >= 0.6 is 24.4 Å². The zero-order valence-electron chi connectivity index (χ0n) is 9.85. The molecule has 19 heavy (non-hydrogen) atoms. The van der Waals surface area contributed by atoms with Gasteiger partial charge in [-0.15, -0.1) is 0 Å². The van der Waals surface area contributed by atoms with E-state index >= 15 is 0 Å². The number of aliphatic hydroxyl groups excluding tert-OH is 3. The van der Waals surface area contributed by atoms with Gasteiger partial charge in [0.1, 0.15) is 6.10 Å². The maximum Gasteiger partial charge on any atom is 0.184 e. The first kappa shape index (κ1) is 17.6. The van der Waals surface area contributed by atoms with Gasteiger partial charge in [0.2, 0.25) is 0 Å². The van der Waals surface area contributed by atoms with Gasteiger partial charge < -0.3 is 26.8 Å². The van der Waals surface area contributed by atoms with Crippen molar-refractivity contribution in [2.24, 2.45) is 21.7 Å². The standard InChI is InChI=1S/C8H16N6O3S2/c9-7(18)13-11-2-4(12-14-8(10)19)1-5(16)6(17)3-15/h2,5-6,15-17H,1,3H2,(H3,9,13,18)(H3,10,14,19)/b11-2+,12-4+. The Morgan fingerprint density at radius 3 is 2.21 bits per heavy atom. The fourth-order valence-electron chi connectivity index (χ4n) is 0.897. The first-order valence-electron chi connectivity index (χ1n) is 5.04. The Kier molecular flexibility index (Phi) is 8.82. The minimum Gasteiger partial charge on any atom is -0.394 e. The number of nitrogens with zero attached hydrogens (tertiary/aromatic N) is 2. The predicted octanol–water partition coefficient (Wildman–Crippen LogP) is -2.90. The first-order chi connectivity index (χ1) is 8.86. The van der Waals surface area contributed by atoms with Crippen molar-refractivity contribution in [1.29, 1.82) is 0 Å². The Hall–Kier alpha value is -1.40. The lowest BCUT2D eigenvalue weighted by Gasteiger charge is -2.15. The molecule has 0 aromatic rings. The van der Waals surface area contributed by atoms with Crippen molar-refractivity contribution in [2.75, 3.05) is 6.61 Å². The van der Waals surface area contributed by atoms with Gasteiger partial charge in [-0.25, -0.2) is 0 Å². The molecule has 0 aromatic carbocycles. The second kappa shape index (κ2) is 9.52. The fraction of sp³-hybridized carbons (Fsp3) is 0.500. The van der Waals surface area contributed by atoms with E-state index in [1.165, 1.54) is 6.21 Å². The highest BCUT2D eigenvalue weighted by atomic mass is 32.1. The number of hydrazone groups is 2. The van der Waals surface area contributed by atoms with Crippen LogP contribution in [0.2, 0.25) is 0 Å². The van der Waals surface area contributed by atoms with E-state index in [0.717, 1.165) is 0 Å². The maximum absolute atomic E-state index is 9.55. The summed E-state index contributed by atoms with van der Waals surface area (Å²) in [6.45, 7) is -0.584. The van der Waals surface area contributed by atoms with Crippen LogP contribution in [0.3, 0.4) is 0 Å². The van der Waals surface area contributed by atoms with Crippen molar-refractivity contribution in [1.82, 2.24) is 10.9 Å². The molecule has 0 fully saturated rings. The van der Waals surface area contributed by atoms with Crippen LogP contribution in [0.25, 0.3) is 0 Å². The average Bonchev–Trinajstić information content (AvgIpc) is 2.33. The van der Waals surface area contributed by atoms with E-state index in [1.807, 2.05) is 0 Å². The van der Waals surface area contributed by atoms with Crippen molar-refractivity contribution in [2.45, 2.75) is 18.6 Å². The Labute approximate surface area is 120 Å². The summed E-state index contributed by atoms with van der Waals surface area (Å²) in [4.78, 5) is 0. The molecule has 0 aliphatic rings. The van der Waals surface area contributed by atoms with Gasteiger partial charge in [-0.1, -0.05) is 0 Å². The second-order valence-corrected chi connectivity index (χ2v) is 4.21. The highest BCUT2D eigenvalue weighted by molar-refractivity contribution is 7.80. The summed E-state index contributed by atoms with van der Waals surface area (Å²) in [6.07, 6.45) is -1.42. The highest BCUT2D eigenvalue weighted by Crippen LogP contribution is 1.99. The topological polar surface area (TPSA) is 162 Å². The zero-order valence-corrected chi connectivity index (χ0v) is 11.5. The molecule has 0 amide bonds. The Morgan fingerprint density at radius 2 is 1.74 bits per heavy atom. The monoisotopic (exact) mass is 308 g/mol. The SMILES string of the molecule is NC(=S)N/N=C/C(CC(O)C(O)CO)=N/NC(N)=S. The second-order valence-electron chi connectivity index (χ2n) is 3.33. The minimum absolute atomic E-state index is 0.0474. The molecule has 0 rings (SSSR count). The minimum atomic E-state index is -1.30. The molecule has 0 saturated carbocycles. The molecule has 2 atom stereocenters. The molecule has 0 aliphatic carbocycles. The fourth-order valence-corrected chi connectivity index (χ4v) is 0.995. The van der Waals surface area contributed by atoms with E-state index in [1.54, 1.807) is 0 Å². The quantitative estimate of drug-likeness (QED) is 0.148. The number of hydrogen-bond donors (Lipinski definition) is 7. The summed E-state index contributed by atoms with van der Waals surface area (Å²) in [5.74, 6) is 0. The molecule has 11 heteroatoms. The lowest BCUT2D eigenvalue weighted by Crippen LogP contribution is -2.33. The molecule has 108 valence electrons. The lowest BCUT2D eigenvalue weighted by atomic mass is 10.1. The molecule has 0 saturated heterocycles. The summed E-state index contributed by atoms with van der Waals surface area (Å²) >= 11 is 9.10. The molecular weight excluding hydrogens is 292 g/mol. The van der Waals surface area contributed by atoms with Crippen LogP contribution in [-0.2, 0) is 0 Å². The van der Waals surface area contributed by atoms with Gasteiger partial charge in [-0.05, 0) is 24.4 Å². The van der Waals surface area contributed by atoms with Crippen LogP contribution in [0.5, 0.6) is 0 Å². The average molecular weight is 308 g/mol. The predicted molar refractivity (Wildman–Crippen MR) is 79.5 cm³/mol. The summed E-state index contributed by atoms with van der Waals surface area (Å²) in [6, 6.07) is 0. The Bertz CT molecular complexity index is 375. The van der Waals surface area contributed by atoms with E-state index in [0.29, 0.717) is 0 Å². The first-order valence-corrected chi connectivity index (χ1v) is 5.86. The van der Waals surface area contributed by atoms with Gasteiger partial charge in [-0.2, -0.15) is 10.2 Å². The summed E-state index contributed by atoms with van der Waals surface area (Å²) in [5, 5.41) is 34.7. The molecule has 0 bridgehead atoms. The maximum atomic E-state index is 9.55. The van der Waals surface area contributed by atoms with Gasteiger partial charge in [0, 0.05) is 6.42 Å². The molecule has 0 radical (unpaired) electrons. The van der Waals surface area contributed by atoms with Crippen molar-refractivity contribution >= 4 is 46.6 Å². The zero-order chi connectivity index (χ0) is 14.8. The van der Waals surface area contributed by atoms with Crippen LogP contribution in [0.4, 0.5) is 0 Å². The lowest BCUT2D eigenvalue weighted by molar-refractivity contribution is -0.00974. The molecule has 9 nitrogen and oxygen atoms in total. The number of rotatable bonds is 7. The molecular formula is C8H16N6O3S2. The molecule has 9 N–H and O–H groups in total. The smallest absolute Gasteiger partial charge is 0.184 e. The number of nitrogens with one attached hydrogen (secondary N) is 2. The number of hydrogen-bond acceptors (Lipinski definition) is 7. The van der Waals surface area contributed by atoms with Crippen LogP contribution in [0.15, 0.2) is 10.2 Å². The van der Waals surface area contributed by atoms with Crippen molar-refractivity contribution < 1.29 is 15.3 Å². The van der Waals surface area contributed by atoms with E-state index in [4.69, 9.17) is 16.6 Å². The number of nitrogens with two attached hydrogens (primary N) is 2. The molecule has 0 aliphatic heterocycles. The summed E-state index contributed by atoms with van der Waals surface area (Å²) < 4.78 is 0. The van der Waals surface area contributed by atoms with Crippen molar-refractivity contribution in [3.63, 3.8) is 0 Å². The van der Waals surface area contributed by atoms with Gasteiger partial charge in [-0.3, -0.25) is 10.9 Å². The van der Waals surface area contributed by atoms with E-state index in [-0.39, 0.29) is 22.4 Å². The van der Waals surface area contributed by atoms with Crippen LogP contribution in [-0.4, -0.2) is 56.3 Å².